The lowest BCUT2D eigenvalue weighted by Gasteiger charge is -2.07. The Bertz CT molecular complexity index is 725. The van der Waals surface area contributed by atoms with Crippen LogP contribution in [0.4, 0.5) is 0 Å². The molecule has 134 valence electrons. The van der Waals surface area contributed by atoms with Crippen LogP contribution < -0.4 is 10.1 Å². The number of benzene rings is 1. The van der Waals surface area contributed by atoms with Crippen molar-refractivity contribution in [1.29, 1.82) is 0 Å². The topological polar surface area (TPSA) is 98.5 Å². The first-order valence-corrected chi connectivity index (χ1v) is 8.31. The van der Waals surface area contributed by atoms with Gasteiger partial charge in [-0.1, -0.05) is 11.3 Å². The number of rotatable bonds is 7. The maximum absolute atomic E-state index is 12.1. The van der Waals surface area contributed by atoms with E-state index < -0.39 is 0 Å². The number of carbonyl (C=O) groups excluding carboxylic acids is 1. The zero-order chi connectivity index (χ0) is 17.6. The number of phenolic OH excluding ortho intramolecular Hbond substituents is 1. The van der Waals surface area contributed by atoms with Crippen molar-refractivity contribution < 1.29 is 19.4 Å². The number of aromatic nitrogens is 3. The molecule has 1 aliphatic heterocycles. The summed E-state index contributed by atoms with van der Waals surface area (Å²) in [5, 5.41) is 20.4. The Labute approximate surface area is 145 Å². The van der Waals surface area contributed by atoms with Crippen molar-refractivity contribution in [2.24, 2.45) is 0 Å². The molecule has 0 bridgehead atoms. The van der Waals surface area contributed by atoms with Crippen LogP contribution in [0.1, 0.15) is 28.9 Å². The second-order valence-corrected chi connectivity index (χ2v) is 5.97. The van der Waals surface area contributed by atoms with E-state index in [1.165, 1.54) is 7.11 Å². The van der Waals surface area contributed by atoms with Gasteiger partial charge in [0.2, 0.25) is 0 Å². The summed E-state index contributed by atoms with van der Waals surface area (Å²) in [6, 6.07) is 5.18. The van der Waals surface area contributed by atoms with E-state index in [2.05, 4.69) is 15.6 Å². The summed E-state index contributed by atoms with van der Waals surface area (Å²) >= 11 is 0. The summed E-state index contributed by atoms with van der Waals surface area (Å²) in [5.74, 6) is 0.246. The number of carbonyl (C=O) groups is 1. The van der Waals surface area contributed by atoms with Gasteiger partial charge in [0.15, 0.2) is 17.2 Å². The molecule has 1 aromatic heterocycles. The van der Waals surface area contributed by atoms with Crippen molar-refractivity contribution in [3.8, 4) is 11.5 Å². The van der Waals surface area contributed by atoms with Crippen molar-refractivity contribution in [3.63, 3.8) is 0 Å². The van der Waals surface area contributed by atoms with E-state index in [0.29, 0.717) is 25.3 Å². The van der Waals surface area contributed by atoms with Gasteiger partial charge in [0.25, 0.3) is 5.91 Å². The van der Waals surface area contributed by atoms with Crippen LogP contribution in [-0.4, -0.2) is 52.4 Å². The van der Waals surface area contributed by atoms with Crippen molar-refractivity contribution in [3.05, 3.63) is 35.7 Å². The average molecular weight is 346 g/mol. The lowest BCUT2D eigenvalue weighted by atomic mass is 10.1. The SMILES string of the molecule is COc1ccc(CCNC(=O)c2cn(C[C@H]3CCCO3)nn2)cc1O. The summed E-state index contributed by atoms with van der Waals surface area (Å²) < 4.78 is 12.2. The summed E-state index contributed by atoms with van der Waals surface area (Å²) in [6.07, 6.45) is 4.45. The van der Waals surface area contributed by atoms with Crippen molar-refractivity contribution in [2.45, 2.75) is 31.9 Å². The molecule has 25 heavy (non-hydrogen) atoms. The van der Waals surface area contributed by atoms with Gasteiger partial charge in [-0.25, -0.2) is 4.68 Å². The molecule has 0 radical (unpaired) electrons. The normalized spacial score (nSPS) is 16.8. The number of aromatic hydroxyl groups is 1. The van der Waals surface area contributed by atoms with Crippen LogP contribution in [0.25, 0.3) is 0 Å². The van der Waals surface area contributed by atoms with E-state index in [4.69, 9.17) is 9.47 Å². The molecular weight excluding hydrogens is 324 g/mol. The molecule has 3 rings (SSSR count). The van der Waals surface area contributed by atoms with Crippen LogP contribution in [0.15, 0.2) is 24.4 Å². The Kier molecular flexibility index (Phi) is 5.49. The maximum Gasteiger partial charge on any atom is 0.273 e. The number of hydrogen-bond donors (Lipinski definition) is 2. The molecule has 8 nitrogen and oxygen atoms in total. The Balaban J connectivity index is 1.47. The highest BCUT2D eigenvalue weighted by molar-refractivity contribution is 5.91. The fourth-order valence-electron chi connectivity index (χ4n) is 2.79. The minimum Gasteiger partial charge on any atom is -0.504 e. The highest BCUT2D eigenvalue weighted by Gasteiger charge is 2.18. The largest absolute Gasteiger partial charge is 0.504 e. The van der Waals surface area contributed by atoms with Gasteiger partial charge in [-0.05, 0) is 37.0 Å². The lowest BCUT2D eigenvalue weighted by molar-refractivity contribution is 0.0930. The van der Waals surface area contributed by atoms with Crippen LogP contribution in [0.2, 0.25) is 0 Å². The predicted molar refractivity (Wildman–Crippen MR) is 89.7 cm³/mol. The van der Waals surface area contributed by atoms with Gasteiger partial charge >= 0.3 is 0 Å². The van der Waals surface area contributed by atoms with Gasteiger partial charge in [0.1, 0.15) is 0 Å². The highest BCUT2D eigenvalue weighted by Crippen LogP contribution is 2.26. The molecular formula is C17H22N4O4. The van der Waals surface area contributed by atoms with Gasteiger partial charge < -0.3 is 19.9 Å². The standard InChI is InChI=1S/C17H22N4O4/c1-24-16-5-4-12(9-15(16)22)6-7-18-17(23)14-11-21(20-19-14)10-13-3-2-8-25-13/h4-5,9,11,13,22H,2-3,6-8,10H2,1H3,(H,18,23)/t13-/m1/s1. The molecule has 1 fully saturated rings. The van der Waals surface area contributed by atoms with Gasteiger partial charge in [-0.15, -0.1) is 5.10 Å². The zero-order valence-corrected chi connectivity index (χ0v) is 14.1. The average Bonchev–Trinajstić information content (AvgIpc) is 3.27. The number of amides is 1. The number of methoxy groups -OCH3 is 1. The second kappa shape index (κ2) is 7.98. The molecule has 0 saturated carbocycles. The van der Waals surface area contributed by atoms with E-state index in [1.54, 1.807) is 23.0 Å². The molecule has 2 heterocycles. The molecule has 2 N–H and O–H groups in total. The summed E-state index contributed by atoms with van der Waals surface area (Å²) in [7, 11) is 1.50. The van der Waals surface area contributed by atoms with Crippen LogP contribution in [0.5, 0.6) is 11.5 Å². The molecule has 1 aromatic carbocycles. The predicted octanol–water partition coefficient (Wildman–Crippen LogP) is 1.14. The van der Waals surface area contributed by atoms with Crippen molar-refractivity contribution in [2.75, 3.05) is 20.3 Å². The maximum atomic E-state index is 12.1. The number of ether oxygens (including phenoxy) is 2. The first-order valence-electron chi connectivity index (χ1n) is 8.31. The van der Waals surface area contributed by atoms with Crippen LogP contribution in [-0.2, 0) is 17.7 Å². The van der Waals surface area contributed by atoms with Gasteiger partial charge in [-0.3, -0.25) is 4.79 Å². The van der Waals surface area contributed by atoms with E-state index in [-0.39, 0.29) is 23.5 Å². The summed E-state index contributed by atoms with van der Waals surface area (Å²) in [4.78, 5) is 12.1. The van der Waals surface area contributed by atoms with Gasteiger partial charge in [0, 0.05) is 13.2 Å². The fourth-order valence-corrected chi connectivity index (χ4v) is 2.79. The second-order valence-electron chi connectivity index (χ2n) is 5.97. The molecule has 0 aliphatic carbocycles. The molecule has 0 unspecified atom stereocenters. The molecule has 8 heteroatoms. The molecule has 0 spiro atoms. The monoisotopic (exact) mass is 346 g/mol. The minimum absolute atomic E-state index is 0.0865. The minimum atomic E-state index is -0.267. The van der Waals surface area contributed by atoms with Crippen LogP contribution >= 0.6 is 0 Å². The van der Waals surface area contributed by atoms with E-state index in [0.717, 1.165) is 25.0 Å². The van der Waals surface area contributed by atoms with Crippen LogP contribution in [0.3, 0.4) is 0 Å². The van der Waals surface area contributed by atoms with E-state index in [1.807, 2.05) is 6.07 Å². The lowest BCUT2D eigenvalue weighted by Crippen LogP contribution is -2.26. The van der Waals surface area contributed by atoms with E-state index in [9.17, 15) is 9.90 Å². The Morgan fingerprint density at radius 1 is 1.52 bits per heavy atom. The third kappa shape index (κ3) is 4.48. The van der Waals surface area contributed by atoms with Gasteiger partial charge in [-0.2, -0.15) is 0 Å². The Morgan fingerprint density at radius 2 is 2.40 bits per heavy atom. The quantitative estimate of drug-likeness (QED) is 0.780. The zero-order valence-electron chi connectivity index (χ0n) is 14.1. The molecule has 2 aromatic rings. The summed E-state index contributed by atoms with van der Waals surface area (Å²) in [6.45, 7) is 1.84. The summed E-state index contributed by atoms with van der Waals surface area (Å²) in [5.41, 5.74) is 1.19. The van der Waals surface area contributed by atoms with Crippen molar-refractivity contribution in [1.82, 2.24) is 20.3 Å². The van der Waals surface area contributed by atoms with E-state index >= 15 is 0 Å². The first kappa shape index (κ1) is 17.2. The Hall–Kier alpha value is -2.61. The third-order valence-electron chi connectivity index (χ3n) is 4.13. The first-order chi connectivity index (χ1) is 12.2. The molecule has 1 aliphatic rings. The fraction of sp³-hybridized carbons (Fsp3) is 0.471. The number of nitrogens with one attached hydrogen (secondary N) is 1. The molecule has 1 atom stereocenters. The number of phenols is 1. The number of nitrogens with zero attached hydrogens (tertiary/aromatic N) is 3. The van der Waals surface area contributed by atoms with Gasteiger partial charge in [0.05, 0.1) is 26.0 Å². The smallest absolute Gasteiger partial charge is 0.273 e. The highest BCUT2D eigenvalue weighted by atomic mass is 16.5. The Morgan fingerprint density at radius 3 is 3.12 bits per heavy atom. The third-order valence-corrected chi connectivity index (χ3v) is 4.13. The molecule has 1 saturated heterocycles. The number of hydrogen-bond acceptors (Lipinski definition) is 6. The van der Waals surface area contributed by atoms with Crippen molar-refractivity contribution >= 4 is 5.91 Å². The van der Waals surface area contributed by atoms with Crippen LogP contribution in [0, 0.1) is 0 Å². The molecule has 1 amide bonds.